The summed E-state index contributed by atoms with van der Waals surface area (Å²) in [5.41, 5.74) is 1.78. The number of hydrogen-bond acceptors (Lipinski definition) is 1. The van der Waals surface area contributed by atoms with Gasteiger partial charge in [-0.05, 0) is 16.6 Å². The molecule has 1 aromatic carbocycles. The molecule has 56 valence electrons. The van der Waals surface area contributed by atoms with Crippen molar-refractivity contribution in [2.24, 2.45) is 0 Å². The van der Waals surface area contributed by atoms with Gasteiger partial charge in [-0.25, -0.2) is 0 Å². The first kappa shape index (κ1) is 8.21. The summed E-state index contributed by atoms with van der Waals surface area (Å²) >= 11 is 3.17. The van der Waals surface area contributed by atoms with Gasteiger partial charge in [0.2, 0.25) is 0 Å². The Balaban J connectivity index is 2.91. The highest BCUT2D eigenvalue weighted by molar-refractivity contribution is 9.11. The van der Waals surface area contributed by atoms with Crippen molar-refractivity contribution >= 4 is 28.3 Å². The molecule has 0 bridgehead atoms. The lowest BCUT2D eigenvalue weighted by molar-refractivity contribution is 0.112. The fourth-order valence-corrected chi connectivity index (χ4v) is 1.06. The molecular formula is C9H7BrO. The second-order valence-electron chi connectivity index (χ2n) is 2.08. The molecule has 0 aliphatic carbocycles. The van der Waals surface area contributed by atoms with Gasteiger partial charge in [0, 0.05) is 5.56 Å². The van der Waals surface area contributed by atoms with Crippen molar-refractivity contribution in [3.63, 3.8) is 0 Å². The summed E-state index contributed by atoms with van der Waals surface area (Å²) < 4.78 is 0. The fourth-order valence-electron chi connectivity index (χ4n) is 0.758. The van der Waals surface area contributed by atoms with Gasteiger partial charge < -0.3 is 0 Å². The monoisotopic (exact) mass is 210 g/mol. The number of halogens is 1. The van der Waals surface area contributed by atoms with Crippen molar-refractivity contribution in [1.82, 2.24) is 0 Å². The molecule has 0 aliphatic heterocycles. The molecular weight excluding hydrogens is 204 g/mol. The van der Waals surface area contributed by atoms with Gasteiger partial charge in [0.25, 0.3) is 0 Å². The van der Waals surface area contributed by atoms with Gasteiger partial charge in [0.1, 0.15) is 6.29 Å². The highest BCUT2D eigenvalue weighted by atomic mass is 79.9. The van der Waals surface area contributed by atoms with Crippen LogP contribution in [0.5, 0.6) is 0 Å². The van der Waals surface area contributed by atoms with Gasteiger partial charge in [-0.15, -0.1) is 0 Å². The number of carbonyl (C=O) groups excluding carboxylic acids is 1. The Kier molecular flexibility index (Phi) is 3.05. The summed E-state index contributed by atoms with van der Waals surface area (Å²) in [6.45, 7) is 0. The van der Waals surface area contributed by atoms with Crippen LogP contribution in [-0.2, 0) is 0 Å². The van der Waals surface area contributed by atoms with E-state index >= 15 is 0 Å². The molecule has 0 N–H and O–H groups in total. The van der Waals surface area contributed by atoms with Gasteiger partial charge in [-0.1, -0.05) is 40.2 Å². The second-order valence-corrected chi connectivity index (χ2v) is 2.61. The molecule has 1 rings (SSSR count). The van der Waals surface area contributed by atoms with Crippen LogP contribution in [0, 0.1) is 0 Å². The molecule has 1 nitrogen and oxygen atoms in total. The van der Waals surface area contributed by atoms with Crippen LogP contribution in [0.1, 0.15) is 15.9 Å². The molecule has 0 saturated heterocycles. The maximum absolute atomic E-state index is 10.2. The van der Waals surface area contributed by atoms with E-state index in [-0.39, 0.29) is 0 Å². The minimum Gasteiger partial charge on any atom is -0.298 e. The summed E-state index contributed by atoms with van der Waals surface area (Å²) in [5.74, 6) is 0. The lowest BCUT2D eigenvalue weighted by Crippen LogP contribution is -1.77. The standard InChI is InChI=1S/C9H7BrO/c10-6-5-8-1-3-9(7-11)4-2-8/h1-7H. The van der Waals surface area contributed by atoms with E-state index < -0.39 is 0 Å². The number of carbonyl (C=O) groups is 1. The molecule has 11 heavy (non-hydrogen) atoms. The van der Waals surface area contributed by atoms with Crippen LogP contribution in [0.4, 0.5) is 0 Å². The highest BCUT2D eigenvalue weighted by Gasteiger charge is 1.87. The number of hydrogen-bond donors (Lipinski definition) is 0. The summed E-state index contributed by atoms with van der Waals surface area (Å²) in [6.07, 6.45) is 2.75. The molecule has 0 spiro atoms. The predicted molar refractivity (Wildman–Crippen MR) is 49.8 cm³/mol. The minimum atomic E-state index is 0.705. The van der Waals surface area contributed by atoms with Gasteiger partial charge in [-0.2, -0.15) is 0 Å². The van der Waals surface area contributed by atoms with Gasteiger partial charge >= 0.3 is 0 Å². The van der Waals surface area contributed by atoms with E-state index in [1.54, 1.807) is 17.1 Å². The average Bonchev–Trinajstić information content (AvgIpc) is 2.07. The first-order valence-corrected chi connectivity index (χ1v) is 4.10. The lowest BCUT2D eigenvalue weighted by atomic mass is 10.1. The SMILES string of the molecule is O=Cc1ccc(C=CBr)cc1. The van der Waals surface area contributed by atoms with E-state index in [4.69, 9.17) is 0 Å². The van der Waals surface area contributed by atoms with Crippen LogP contribution < -0.4 is 0 Å². The van der Waals surface area contributed by atoms with Crippen LogP contribution in [0.2, 0.25) is 0 Å². The van der Waals surface area contributed by atoms with Crippen molar-refractivity contribution in [2.75, 3.05) is 0 Å². The smallest absolute Gasteiger partial charge is 0.150 e. The topological polar surface area (TPSA) is 17.1 Å². The van der Waals surface area contributed by atoms with Crippen LogP contribution in [0.15, 0.2) is 29.3 Å². The molecule has 1 aromatic rings. The molecule has 0 saturated carbocycles. The van der Waals surface area contributed by atoms with Crippen LogP contribution in [-0.4, -0.2) is 6.29 Å². The maximum atomic E-state index is 10.2. The molecule has 0 amide bonds. The number of rotatable bonds is 2. The molecule has 2 heteroatoms. The molecule has 0 fully saturated rings. The normalized spacial score (nSPS) is 10.3. The lowest BCUT2D eigenvalue weighted by Gasteiger charge is -1.91. The fraction of sp³-hybridized carbons (Fsp3) is 0. The summed E-state index contributed by atoms with van der Waals surface area (Å²) in [6, 6.07) is 7.35. The predicted octanol–water partition coefficient (Wildman–Crippen LogP) is 2.86. The zero-order valence-corrected chi connectivity index (χ0v) is 7.41. The zero-order valence-electron chi connectivity index (χ0n) is 5.83. The summed E-state index contributed by atoms with van der Waals surface area (Å²) in [4.78, 5) is 12.0. The Morgan fingerprint density at radius 3 is 2.09 bits per heavy atom. The van der Waals surface area contributed by atoms with Crippen molar-refractivity contribution in [3.8, 4) is 0 Å². The minimum absolute atomic E-state index is 0.705. The van der Waals surface area contributed by atoms with Gasteiger partial charge in [0.05, 0.1) is 0 Å². The first-order valence-electron chi connectivity index (χ1n) is 3.19. The summed E-state index contributed by atoms with van der Waals surface area (Å²) in [5, 5.41) is 0. The third kappa shape index (κ3) is 2.31. The zero-order chi connectivity index (χ0) is 8.10. The second kappa shape index (κ2) is 4.09. The maximum Gasteiger partial charge on any atom is 0.150 e. The Labute approximate surface area is 73.9 Å². The largest absolute Gasteiger partial charge is 0.298 e. The Hall–Kier alpha value is -0.890. The van der Waals surface area contributed by atoms with Crippen LogP contribution in [0.3, 0.4) is 0 Å². The molecule has 0 radical (unpaired) electrons. The van der Waals surface area contributed by atoms with Crippen LogP contribution >= 0.6 is 15.9 Å². The van der Waals surface area contributed by atoms with Crippen molar-refractivity contribution in [3.05, 3.63) is 40.4 Å². The highest BCUT2D eigenvalue weighted by Crippen LogP contribution is 2.05. The molecule has 0 atom stereocenters. The Bertz CT molecular complexity index is 261. The van der Waals surface area contributed by atoms with Crippen LogP contribution in [0.25, 0.3) is 6.08 Å². The number of aldehydes is 1. The van der Waals surface area contributed by atoms with Crippen molar-refractivity contribution in [1.29, 1.82) is 0 Å². The van der Waals surface area contributed by atoms with E-state index in [0.29, 0.717) is 5.56 Å². The average molecular weight is 211 g/mol. The number of benzene rings is 1. The Morgan fingerprint density at radius 1 is 1.09 bits per heavy atom. The quantitative estimate of drug-likeness (QED) is 0.687. The molecule has 0 aromatic heterocycles. The van der Waals surface area contributed by atoms with E-state index in [9.17, 15) is 4.79 Å². The van der Waals surface area contributed by atoms with Crippen molar-refractivity contribution < 1.29 is 4.79 Å². The van der Waals surface area contributed by atoms with Gasteiger partial charge in [-0.3, -0.25) is 4.79 Å². The summed E-state index contributed by atoms with van der Waals surface area (Å²) in [7, 11) is 0. The Morgan fingerprint density at radius 2 is 1.64 bits per heavy atom. The van der Waals surface area contributed by atoms with Gasteiger partial charge in [0.15, 0.2) is 0 Å². The van der Waals surface area contributed by atoms with Crippen molar-refractivity contribution in [2.45, 2.75) is 0 Å². The third-order valence-corrected chi connectivity index (χ3v) is 1.59. The third-order valence-electron chi connectivity index (χ3n) is 1.33. The van der Waals surface area contributed by atoms with E-state index in [0.717, 1.165) is 11.8 Å². The van der Waals surface area contributed by atoms with E-state index in [1.807, 2.05) is 18.2 Å². The molecule has 0 aliphatic rings. The van der Waals surface area contributed by atoms with E-state index in [2.05, 4.69) is 15.9 Å². The molecule has 0 unspecified atom stereocenters. The van der Waals surface area contributed by atoms with E-state index in [1.165, 1.54) is 0 Å². The molecule has 0 heterocycles. The first-order chi connectivity index (χ1) is 5.36.